The molecule has 6 rings (SSSR count). The Hall–Kier alpha value is -3.36. The highest BCUT2D eigenvalue weighted by molar-refractivity contribution is 7.80. The molecule has 3 atom stereocenters. The zero-order chi connectivity index (χ0) is 29.8. The zero-order valence-corrected chi connectivity index (χ0v) is 26.4. The SMILES string of the molecule is C[C@@H](c1ccccc1)N1CCN([C@@H](C)c2ccccc2)P1(=O)[C@H](O)c1ccccc1P(c1ccccc1)c1ccccc1. The van der Waals surface area contributed by atoms with Gasteiger partial charge in [0.05, 0.1) is 0 Å². The lowest BCUT2D eigenvalue weighted by Gasteiger charge is -2.40. The van der Waals surface area contributed by atoms with E-state index in [0.29, 0.717) is 13.1 Å². The normalized spacial score (nSPS) is 17.5. The molecule has 0 saturated carbocycles. The van der Waals surface area contributed by atoms with E-state index in [1.165, 1.54) is 10.6 Å². The second-order valence-electron chi connectivity index (χ2n) is 11.0. The molecule has 1 aliphatic rings. The molecular weight excluding hydrogens is 566 g/mol. The number of hydrogen-bond acceptors (Lipinski definition) is 2. The fraction of sp³-hybridized carbons (Fsp3) is 0.189. The first-order valence-corrected chi connectivity index (χ1v) is 17.9. The molecule has 1 saturated heterocycles. The van der Waals surface area contributed by atoms with Crippen molar-refractivity contribution in [1.29, 1.82) is 0 Å². The van der Waals surface area contributed by atoms with E-state index in [1.807, 2.05) is 66.7 Å². The minimum absolute atomic E-state index is 0.133. The van der Waals surface area contributed by atoms with Crippen LogP contribution >= 0.6 is 15.4 Å². The van der Waals surface area contributed by atoms with E-state index >= 15 is 4.57 Å². The zero-order valence-electron chi connectivity index (χ0n) is 24.6. The third kappa shape index (κ3) is 5.79. The smallest absolute Gasteiger partial charge is 0.249 e. The molecule has 5 aromatic carbocycles. The van der Waals surface area contributed by atoms with Gasteiger partial charge in [0.25, 0.3) is 0 Å². The molecule has 6 heteroatoms. The number of nitrogens with zero attached hydrogens (tertiary/aromatic N) is 2. The van der Waals surface area contributed by atoms with Gasteiger partial charge in [-0.3, -0.25) is 4.57 Å². The summed E-state index contributed by atoms with van der Waals surface area (Å²) >= 11 is 0. The molecule has 218 valence electrons. The molecule has 0 aliphatic carbocycles. The molecular formula is C37H38N2O2P2. The Morgan fingerprint density at radius 1 is 0.581 bits per heavy atom. The van der Waals surface area contributed by atoms with Crippen LogP contribution < -0.4 is 15.9 Å². The van der Waals surface area contributed by atoms with Crippen molar-refractivity contribution in [1.82, 2.24) is 9.34 Å². The fourth-order valence-electron chi connectivity index (χ4n) is 6.28. The minimum atomic E-state index is -3.56. The molecule has 0 spiro atoms. The number of rotatable bonds is 9. The summed E-state index contributed by atoms with van der Waals surface area (Å²) in [6.45, 7) is 5.43. The van der Waals surface area contributed by atoms with E-state index in [-0.39, 0.29) is 12.1 Å². The lowest BCUT2D eigenvalue weighted by molar-refractivity contribution is 0.219. The lowest BCUT2D eigenvalue weighted by Crippen LogP contribution is -2.31. The molecule has 0 bridgehead atoms. The number of aliphatic hydroxyl groups excluding tert-OH is 1. The molecule has 0 radical (unpaired) electrons. The number of benzene rings is 5. The van der Waals surface area contributed by atoms with Crippen LogP contribution in [0.15, 0.2) is 146 Å². The largest absolute Gasteiger partial charge is 0.378 e. The van der Waals surface area contributed by atoms with Crippen LogP contribution in [0.2, 0.25) is 0 Å². The fourth-order valence-corrected chi connectivity index (χ4v) is 12.3. The van der Waals surface area contributed by atoms with Gasteiger partial charge < -0.3 is 5.11 Å². The van der Waals surface area contributed by atoms with E-state index in [4.69, 9.17) is 0 Å². The Morgan fingerprint density at radius 3 is 1.40 bits per heavy atom. The molecule has 1 aliphatic heterocycles. The van der Waals surface area contributed by atoms with E-state index in [1.54, 1.807) is 0 Å². The van der Waals surface area contributed by atoms with E-state index < -0.39 is 21.2 Å². The topological polar surface area (TPSA) is 43.8 Å². The molecule has 4 nitrogen and oxygen atoms in total. The minimum Gasteiger partial charge on any atom is -0.378 e. The lowest BCUT2D eigenvalue weighted by atomic mass is 10.1. The number of hydrogen-bond donors (Lipinski definition) is 1. The van der Waals surface area contributed by atoms with E-state index in [0.717, 1.165) is 22.0 Å². The van der Waals surface area contributed by atoms with E-state index in [2.05, 4.69) is 102 Å². The van der Waals surface area contributed by atoms with Gasteiger partial charge in [0.15, 0.2) is 5.85 Å². The highest BCUT2D eigenvalue weighted by Gasteiger charge is 2.53. The summed E-state index contributed by atoms with van der Waals surface area (Å²) in [5.74, 6) is -1.19. The Morgan fingerprint density at radius 2 is 0.953 bits per heavy atom. The maximum atomic E-state index is 15.9. The molecule has 1 heterocycles. The van der Waals surface area contributed by atoms with Gasteiger partial charge in [-0.1, -0.05) is 146 Å². The monoisotopic (exact) mass is 604 g/mol. The first kappa shape index (κ1) is 29.7. The molecule has 1 fully saturated rings. The van der Waals surface area contributed by atoms with Crippen LogP contribution in [0.3, 0.4) is 0 Å². The van der Waals surface area contributed by atoms with Gasteiger partial charge in [-0.2, -0.15) is 0 Å². The van der Waals surface area contributed by atoms with Crippen molar-refractivity contribution < 1.29 is 9.67 Å². The summed E-state index contributed by atoms with van der Waals surface area (Å²) in [5, 5.41) is 16.0. The Labute approximate surface area is 256 Å². The molecule has 0 unspecified atom stereocenters. The molecule has 1 N–H and O–H groups in total. The Balaban J connectivity index is 1.50. The maximum absolute atomic E-state index is 15.9. The van der Waals surface area contributed by atoms with Crippen LogP contribution in [0, 0.1) is 0 Å². The van der Waals surface area contributed by atoms with Crippen molar-refractivity contribution in [3.8, 4) is 0 Å². The van der Waals surface area contributed by atoms with Crippen LogP contribution in [-0.4, -0.2) is 27.5 Å². The predicted octanol–water partition coefficient (Wildman–Crippen LogP) is 7.77. The maximum Gasteiger partial charge on any atom is 0.249 e. The van der Waals surface area contributed by atoms with Crippen LogP contribution in [0.1, 0.15) is 48.5 Å². The first-order valence-electron chi connectivity index (χ1n) is 14.9. The molecule has 43 heavy (non-hydrogen) atoms. The van der Waals surface area contributed by atoms with Gasteiger partial charge in [-0.25, -0.2) is 9.34 Å². The quantitative estimate of drug-likeness (QED) is 0.175. The van der Waals surface area contributed by atoms with Gasteiger partial charge in [0.2, 0.25) is 7.44 Å². The summed E-state index contributed by atoms with van der Waals surface area (Å²) in [5.41, 5.74) is 2.92. The van der Waals surface area contributed by atoms with Crippen molar-refractivity contribution in [2.75, 3.05) is 13.1 Å². The highest BCUT2D eigenvalue weighted by atomic mass is 31.2. The summed E-state index contributed by atoms with van der Waals surface area (Å²) in [4.78, 5) is 0. The first-order chi connectivity index (χ1) is 21.0. The highest BCUT2D eigenvalue weighted by Crippen LogP contribution is 2.70. The van der Waals surface area contributed by atoms with Crippen LogP contribution in [0.25, 0.3) is 0 Å². The van der Waals surface area contributed by atoms with Crippen molar-refractivity contribution in [3.05, 3.63) is 162 Å². The average Bonchev–Trinajstić information content (AvgIpc) is 3.43. The average molecular weight is 605 g/mol. The molecule has 0 amide bonds. The standard InChI is InChI=1S/C37H38N2O2P2/c1-29(31-17-7-3-8-18-31)38-27-28-39(30(2)32-19-9-4-10-20-32)43(38,41)37(40)35-25-15-16-26-36(35)42(33-21-11-5-12-22-33)34-23-13-6-14-24-34/h3-26,29-30,37,40H,27-28H2,1-2H3/t29-,30-,37-/m0/s1. The second kappa shape index (κ2) is 13.1. The summed E-state index contributed by atoms with van der Waals surface area (Å²) in [6.07, 6.45) is 0. The van der Waals surface area contributed by atoms with Crippen molar-refractivity contribution in [3.63, 3.8) is 0 Å². The van der Waals surface area contributed by atoms with Gasteiger partial charge in [-0.05, 0) is 54.4 Å². The molecule has 5 aromatic rings. The van der Waals surface area contributed by atoms with Crippen LogP contribution in [0.4, 0.5) is 0 Å². The van der Waals surface area contributed by atoms with Crippen molar-refractivity contribution >= 4 is 31.3 Å². The van der Waals surface area contributed by atoms with Crippen molar-refractivity contribution in [2.45, 2.75) is 31.8 Å². The van der Waals surface area contributed by atoms with Gasteiger partial charge in [-0.15, -0.1) is 0 Å². The van der Waals surface area contributed by atoms with Crippen molar-refractivity contribution in [2.24, 2.45) is 0 Å². The number of aliphatic hydroxyl groups is 1. The predicted molar refractivity (Wildman–Crippen MR) is 181 cm³/mol. The summed E-state index contributed by atoms with van der Waals surface area (Å²) in [6, 6.07) is 49.2. The van der Waals surface area contributed by atoms with Gasteiger partial charge in [0, 0.05) is 25.2 Å². The summed E-state index contributed by atoms with van der Waals surface area (Å²) < 4.78 is 20.0. The Kier molecular flexibility index (Phi) is 9.05. The molecule has 0 aromatic heterocycles. The summed E-state index contributed by atoms with van der Waals surface area (Å²) in [7, 11) is -4.56. The second-order valence-corrected chi connectivity index (χ2v) is 15.9. The third-order valence-electron chi connectivity index (χ3n) is 8.56. The van der Waals surface area contributed by atoms with Gasteiger partial charge >= 0.3 is 0 Å². The van der Waals surface area contributed by atoms with Gasteiger partial charge in [0.1, 0.15) is 0 Å². The van der Waals surface area contributed by atoms with Crippen LogP contribution in [0.5, 0.6) is 0 Å². The van der Waals surface area contributed by atoms with E-state index in [9.17, 15) is 5.11 Å². The third-order valence-corrected chi connectivity index (χ3v) is 14.6. The van der Waals surface area contributed by atoms with Crippen LogP contribution in [-0.2, 0) is 4.57 Å². The Bertz CT molecular complexity index is 1570.